The van der Waals surface area contributed by atoms with E-state index in [1.165, 1.54) is 0 Å². The fourth-order valence-corrected chi connectivity index (χ4v) is 5.24. The van der Waals surface area contributed by atoms with Crippen molar-refractivity contribution in [3.63, 3.8) is 0 Å². The van der Waals surface area contributed by atoms with E-state index in [9.17, 15) is 9.59 Å². The minimum Gasteiger partial charge on any atom is -0.382 e. The predicted molar refractivity (Wildman–Crippen MR) is 153 cm³/mol. The van der Waals surface area contributed by atoms with E-state index in [2.05, 4.69) is 29.1 Å². The molecule has 4 aromatic rings. The Morgan fingerprint density at radius 1 is 1.13 bits per heavy atom. The third-order valence-electron chi connectivity index (χ3n) is 7.68. The van der Waals surface area contributed by atoms with Crippen molar-refractivity contribution in [2.45, 2.75) is 58.3 Å². The summed E-state index contributed by atoms with van der Waals surface area (Å²) >= 11 is 0. The van der Waals surface area contributed by atoms with Crippen LogP contribution in [0.5, 0.6) is 0 Å². The molecule has 0 saturated carbocycles. The van der Waals surface area contributed by atoms with Gasteiger partial charge in [-0.3, -0.25) is 14.0 Å². The van der Waals surface area contributed by atoms with Crippen LogP contribution < -0.4 is 11.1 Å². The Hall–Kier alpha value is -4.27. The van der Waals surface area contributed by atoms with Crippen molar-refractivity contribution in [1.29, 1.82) is 0 Å². The first-order valence-electron chi connectivity index (χ1n) is 13.7. The van der Waals surface area contributed by atoms with Crippen LogP contribution in [-0.2, 0) is 4.79 Å². The van der Waals surface area contributed by atoms with E-state index in [1.807, 2.05) is 46.7 Å². The maximum Gasteiger partial charge on any atom is 0.256 e. The van der Waals surface area contributed by atoms with Crippen molar-refractivity contribution in [2.75, 3.05) is 24.1 Å². The van der Waals surface area contributed by atoms with Crippen molar-refractivity contribution >= 4 is 29.0 Å². The number of pyridine rings is 1. The molecule has 1 aromatic carbocycles. The maximum absolute atomic E-state index is 13.0. The summed E-state index contributed by atoms with van der Waals surface area (Å²) in [6, 6.07) is 11.2. The van der Waals surface area contributed by atoms with Crippen molar-refractivity contribution in [3.05, 3.63) is 71.9 Å². The van der Waals surface area contributed by atoms with Crippen molar-refractivity contribution in [1.82, 2.24) is 24.3 Å². The van der Waals surface area contributed by atoms with Gasteiger partial charge in [0, 0.05) is 55.1 Å². The Labute approximate surface area is 228 Å². The molecule has 9 heteroatoms. The topological polar surface area (TPSA) is 119 Å². The molecule has 0 bridgehead atoms. The first kappa shape index (κ1) is 26.3. The zero-order valence-electron chi connectivity index (χ0n) is 22.7. The average Bonchev–Trinajstić information content (AvgIpc) is 3.37. The summed E-state index contributed by atoms with van der Waals surface area (Å²) in [7, 11) is 0. The largest absolute Gasteiger partial charge is 0.382 e. The molecule has 3 N–H and O–H groups in total. The van der Waals surface area contributed by atoms with Crippen LogP contribution in [0.15, 0.2) is 55.0 Å². The lowest BCUT2D eigenvalue weighted by atomic mass is 9.97. The van der Waals surface area contributed by atoms with Crippen LogP contribution >= 0.6 is 0 Å². The van der Waals surface area contributed by atoms with Gasteiger partial charge >= 0.3 is 0 Å². The molecule has 39 heavy (non-hydrogen) atoms. The second-order valence-corrected chi connectivity index (χ2v) is 10.2. The first-order valence-corrected chi connectivity index (χ1v) is 13.7. The predicted octanol–water partition coefficient (Wildman–Crippen LogP) is 5.26. The van der Waals surface area contributed by atoms with Crippen LogP contribution in [-0.4, -0.2) is 49.2 Å². The second-order valence-electron chi connectivity index (χ2n) is 10.2. The summed E-state index contributed by atoms with van der Waals surface area (Å²) in [5.41, 5.74) is 10.3. The van der Waals surface area contributed by atoms with E-state index in [0.717, 1.165) is 48.3 Å². The van der Waals surface area contributed by atoms with Gasteiger partial charge in [0.25, 0.3) is 5.91 Å². The molecular formula is C30H35N7O2. The smallest absolute Gasteiger partial charge is 0.256 e. The van der Waals surface area contributed by atoms with Gasteiger partial charge in [-0.1, -0.05) is 32.9 Å². The molecule has 1 fully saturated rings. The maximum atomic E-state index is 13.0. The number of hydrogen-bond acceptors (Lipinski definition) is 6. The number of nitrogens with one attached hydrogen (secondary N) is 1. The Kier molecular flexibility index (Phi) is 7.58. The number of benzene rings is 1. The minimum absolute atomic E-state index is 0.0982. The van der Waals surface area contributed by atoms with E-state index in [4.69, 9.17) is 10.7 Å². The lowest BCUT2D eigenvalue weighted by molar-refractivity contribution is -0.132. The highest BCUT2D eigenvalue weighted by Gasteiger charge is 2.28. The van der Waals surface area contributed by atoms with E-state index < -0.39 is 0 Å². The summed E-state index contributed by atoms with van der Waals surface area (Å²) < 4.78 is 2.00. The number of carbonyl (C=O) groups excluding carboxylic acids is 2. The molecule has 4 heterocycles. The van der Waals surface area contributed by atoms with Crippen LogP contribution in [0.25, 0.3) is 16.8 Å². The van der Waals surface area contributed by atoms with E-state index >= 15 is 0 Å². The zero-order chi connectivity index (χ0) is 27.5. The Morgan fingerprint density at radius 3 is 2.67 bits per heavy atom. The summed E-state index contributed by atoms with van der Waals surface area (Å²) in [5.74, 6) is 2.22. The van der Waals surface area contributed by atoms with E-state index in [1.54, 1.807) is 24.5 Å². The number of fused-ring (bicyclic) bond motifs is 1. The van der Waals surface area contributed by atoms with Crippen LogP contribution in [0.4, 0.5) is 11.6 Å². The van der Waals surface area contributed by atoms with Gasteiger partial charge in [0.05, 0.1) is 0 Å². The molecule has 202 valence electrons. The number of rotatable bonds is 7. The summed E-state index contributed by atoms with van der Waals surface area (Å²) in [6.45, 7) is 7.61. The number of nitrogens with two attached hydrogens (primary N) is 1. The SMILES string of the molecule is CCC(=O)N1CCCC(c2nc(-c3ccc(C(=O)Nc4cc(C(C)CC)ccn4)cc3)c3c(N)nccn23)C1. The molecule has 3 aromatic heterocycles. The number of likely N-dealkylation sites (tertiary alicyclic amines) is 1. The first-order chi connectivity index (χ1) is 18.9. The van der Waals surface area contributed by atoms with Gasteiger partial charge in [0.1, 0.15) is 28.7 Å². The zero-order valence-corrected chi connectivity index (χ0v) is 22.7. The molecule has 2 unspecified atom stereocenters. The van der Waals surface area contributed by atoms with E-state index in [-0.39, 0.29) is 17.7 Å². The second kappa shape index (κ2) is 11.2. The number of anilines is 2. The number of imidazole rings is 1. The Balaban J connectivity index is 1.42. The highest BCUT2D eigenvalue weighted by molar-refractivity contribution is 6.04. The van der Waals surface area contributed by atoms with Crippen LogP contribution in [0, 0.1) is 0 Å². The molecule has 2 atom stereocenters. The molecule has 1 saturated heterocycles. The van der Waals surface area contributed by atoms with Gasteiger partial charge in [-0.2, -0.15) is 0 Å². The molecule has 1 aliphatic heterocycles. The monoisotopic (exact) mass is 525 g/mol. The number of nitrogens with zero attached hydrogens (tertiary/aromatic N) is 5. The fourth-order valence-electron chi connectivity index (χ4n) is 5.24. The van der Waals surface area contributed by atoms with Gasteiger partial charge in [0.2, 0.25) is 5.91 Å². The number of hydrogen-bond donors (Lipinski definition) is 2. The van der Waals surface area contributed by atoms with Gasteiger partial charge in [-0.25, -0.2) is 15.0 Å². The molecule has 0 radical (unpaired) electrons. The molecule has 2 amide bonds. The molecule has 5 rings (SSSR count). The number of amides is 2. The van der Waals surface area contributed by atoms with Gasteiger partial charge in [0.15, 0.2) is 0 Å². The normalized spacial score (nSPS) is 16.3. The molecule has 1 aliphatic rings. The number of nitrogen functional groups attached to an aromatic ring is 1. The van der Waals surface area contributed by atoms with Gasteiger partial charge in [-0.05, 0) is 55.0 Å². The highest BCUT2D eigenvalue weighted by atomic mass is 16.2. The third-order valence-corrected chi connectivity index (χ3v) is 7.68. The number of carbonyl (C=O) groups is 2. The quantitative estimate of drug-likeness (QED) is 0.340. The molecule has 9 nitrogen and oxygen atoms in total. The summed E-state index contributed by atoms with van der Waals surface area (Å²) in [6.07, 6.45) is 8.66. The van der Waals surface area contributed by atoms with E-state index in [0.29, 0.717) is 41.8 Å². The summed E-state index contributed by atoms with van der Waals surface area (Å²) in [5, 5.41) is 2.91. The van der Waals surface area contributed by atoms with Crippen LogP contribution in [0.3, 0.4) is 0 Å². The lowest BCUT2D eigenvalue weighted by Gasteiger charge is -2.32. The average molecular weight is 526 g/mol. The number of piperidine rings is 1. The number of aromatic nitrogens is 4. The minimum atomic E-state index is -0.227. The van der Waals surface area contributed by atoms with Crippen LogP contribution in [0.2, 0.25) is 0 Å². The molecular weight excluding hydrogens is 490 g/mol. The van der Waals surface area contributed by atoms with Crippen molar-refractivity contribution in [2.24, 2.45) is 0 Å². The summed E-state index contributed by atoms with van der Waals surface area (Å²) in [4.78, 5) is 40.9. The fraction of sp³-hybridized carbons (Fsp3) is 0.367. The third kappa shape index (κ3) is 5.34. The Morgan fingerprint density at radius 2 is 1.92 bits per heavy atom. The van der Waals surface area contributed by atoms with Crippen molar-refractivity contribution < 1.29 is 9.59 Å². The van der Waals surface area contributed by atoms with Crippen molar-refractivity contribution in [3.8, 4) is 11.3 Å². The molecule has 0 spiro atoms. The van der Waals surface area contributed by atoms with Crippen LogP contribution in [0.1, 0.15) is 80.0 Å². The van der Waals surface area contributed by atoms with Gasteiger partial charge < -0.3 is 16.0 Å². The standard InChI is InChI=1S/C30H35N7O2/c1-4-19(3)22-12-13-32-24(17-22)34-30(39)21-10-8-20(9-11-21)26-27-28(31)33-14-16-37(27)29(35-26)23-7-6-15-36(18-23)25(38)5-2/h8-14,16-17,19,23H,4-7,15,18H2,1-3H3,(H2,31,33)(H,32,34,39). The Bertz CT molecular complexity index is 1500. The van der Waals surface area contributed by atoms with Gasteiger partial charge in [-0.15, -0.1) is 0 Å². The molecule has 0 aliphatic carbocycles. The highest BCUT2D eigenvalue weighted by Crippen LogP contribution is 2.34. The lowest BCUT2D eigenvalue weighted by Crippen LogP contribution is -2.39.